The van der Waals surface area contributed by atoms with Gasteiger partial charge in [-0.25, -0.2) is 4.79 Å². The van der Waals surface area contributed by atoms with E-state index in [2.05, 4.69) is 4.74 Å². The van der Waals surface area contributed by atoms with Crippen molar-refractivity contribution in [2.24, 2.45) is 0 Å². The number of rotatable bonds is 4. The number of hydrogen-bond donors (Lipinski definition) is 1. The van der Waals surface area contributed by atoms with Crippen molar-refractivity contribution in [2.75, 3.05) is 13.7 Å². The van der Waals surface area contributed by atoms with E-state index in [1.807, 2.05) is 5.32 Å². The maximum Gasteiger partial charge on any atom is 0.401 e. The molecule has 1 unspecified atom stereocenters. The Hall–Kier alpha value is -0.980. The molecule has 3 nitrogen and oxygen atoms in total. The molecule has 1 rings (SSSR count). The first-order valence-electron chi connectivity index (χ1n) is 5.08. The average Bonchev–Trinajstić information content (AvgIpc) is 2.30. The van der Waals surface area contributed by atoms with E-state index >= 15 is 0 Å². The number of alkyl halides is 3. The van der Waals surface area contributed by atoms with Gasteiger partial charge in [0.2, 0.25) is 0 Å². The average molecular weight is 316 g/mol. The maximum absolute atomic E-state index is 12.2. The minimum atomic E-state index is -4.47. The van der Waals surface area contributed by atoms with Gasteiger partial charge in [0.25, 0.3) is 0 Å². The summed E-state index contributed by atoms with van der Waals surface area (Å²) in [5.74, 6) is -0.903. The third-order valence-electron chi connectivity index (χ3n) is 2.23. The van der Waals surface area contributed by atoms with Crippen LogP contribution in [0.2, 0.25) is 10.0 Å². The molecule has 1 aromatic carbocycles. The molecule has 0 aliphatic heterocycles. The first-order chi connectivity index (χ1) is 8.76. The quantitative estimate of drug-likeness (QED) is 0.866. The zero-order valence-corrected chi connectivity index (χ0v) is 11.2. The second-order valence-corrected chi connectivity index (χ2v) is 4.40. The van der Waals surface area contributed by atoms with Crippen LogP contribution in [-0.2, 0) is 9.53 Å². The molecule has 0 saturated carbocycles. The number of ether oxygens (including phenoxy) is 1. The molecule has 1 aromatic rings. The van der Waals surface area contributed by atoms with Crippen LogP contribution >= 0.6 is 23.2 Å². The molecule has 19 heavy (non-hydrogen) atoms. The molecule has 0 aliphatic carbocycles. The van der Waals surface area contributed by atoms with Gasteiger partial charge in [0, 0.05) is 15.6 Å². The largest absolute Gasteiger partial charge is 0.468 e. The van der Waals surface area contributed by atoms with Crippen LogP contribution in [0.25, 0.3) is 0 Å². The van der Waals surface area contributed by atoms with E-state index < -0.39 is 24.7 Å². The fourth-order valence-corrected chi connectivity index (χ4v) is 2.04. The number of halogens is 5. The lowest BCUT2D eigenvalue weighted by Gasteiger charge is -2.20. The van der Waals surface area contributed by atoms with Gasteiger partial charge in [-0.2, -0.15) is 13.2 Å². The Balaban J connectivity index is 3.07. The lowest BCUT2D eigenvalue weighted by molar-refractivity contribution is -0.146. The van der Waals surface area contributed by atoms with Crippen LogP contribution in [0.5, 0.6) is 0 Å². The van der Waals surface area contributed by atoms with Gasteiger partial charge in [0.05, 0.1) is 13.7 Å². The fraction of sp³-hybridized carbons (Fsp3) is 0.364. The zero-order chi connectivity index (χ0) is 14.6. The second-order valence-electron chi connectivity index (χ2n) is 3.59. The van der Waals surface area contributed by atoms with Gasteiger partial charge >= 0.3 is 12.1 Å². The SMILES string of the molecule is COC(=O)C(NCC(F)(F)F)c1c(Cl)cccc1Cl. The summed E-state index contributed by atoms with van der Waals surface area (Å²) in [6.45, 7) is -1.37. The van der Waals surface area contributed by atoms with Gasteiger partial charge in [-0.05, 0) is 12.1 Å². The van der Waals surface area contributed by atoms with Crippen LogP contribution in [0.15, 0.2) is 18.2 Å². The molecule has 0 heterocycles. The van der Waals surface area contributed by atoms with Crippen LogP contribution in [0, 0.1) is 0 Å². The molecule has 0 bridgehead atoms. The molecular formula is C11H10Cl2F3NO2. The first-order valence-corrected chi connectivity index (χ1v) is 5.83. The number of hydrogen-bond acceptors (Lipinski definition) is 3. The van der Waals surface area contributed by atoms with Crippen LogP contribution in [0.4, 0.5) is 13.2 Å². The molecule has 0 spiro atoms. The van der Waals surface area contributed by atoms with Crippen LogP contribution in [-0.4, -0.2) is 25.8 Å². The number of carbonyl (C=O) groups excluding carboxylic acids is 1. The normalized spacial score (nSPS) is 13.2. The predicted molar refractivity (Wildman–Crippen MR) is 65.3 cm³/mol. The minimum absolute atomic E-state index is 0.0573. The molecule has 0 radical (unpaired) electrons. The number of esters is 1. The molecular weight excluding hydrogens is 306 g/mol. The first kappa shape index (κ1) is 16.1. The van der Waals surface area contributed by atoms with Gasteiger partial charge in [0.15, 0.2) is 0 Å². The Kier molecular flexibility index (Phi) is 5.46. The summed E-state index contributed by atoms with van der Waals surface area (Å²) < 4.78 is 41.1. The Bertz CT molecular complexity index is 445. The van der Waals surface area contributed by atoms with E-state index in [4.69, 9.17) is 23.2 Å². The smallest absolute Gasteiger partial charge is 0.401 e. The van der Waals surface area contributed by atoms with Gasteiger partial charge in [-0.3, -0.25) is 5.32 Å². The fourth-order valence-electron chi connectivity index (χ4n) is 1.43. The lowest BCUT2D eigenvalue weighted by atomic mass is 10.1. The van der Waals surface area contributed by atoms with Crippen molar-refractivity contribution in [3.8, 4) is 0 Å². The van der Waals surface area contributed by atoms with Crippen molar-refractivity contribution in [1.82, 2.24) is 5.32 Å². The molecule has 0 fully saturated rings. The Morgan fingerprint density at radius 3 is 2.32 bits per heavy atom. The van der Waals surface area contributed by atoms with Crippen molar-refractivity contribution in [3.05, 3.63) is 33.8 Å². The summed E-state index contributed by atoms with van der Waals surface area (Å²) in [5, 5.41) is 2.20. The zero-order valence-electron chi connectivity index (χ0n) is 9.72. The summed E-state index contributed by atoms with van der Waals surface area (Å²) in [5.41, 5.74) is 0.0573. The van der Waals surface area contributed by atoms with Crippen LogP contribution in [0.1, 0.15) is 11.6 Å². The Morgan fingerprint density at radius 2 is 1.89 bits per heavy atom. The summed E-state index contributed by atoms with van der Waals surface area (Å²) in [6, 6.07) is 2.99. The van der Waals surface area contributed by atoms with Crippen molar-refractivity contribution < 1.29 is 22.7 Å². The minimum Gasteiger partial charge on any atom is -0.468 e. The van der Waals surface area contributed by atoms with Gasteiger partial charge in [-0.1, -0.05) is 29.3 Å². The summed E-state index contributed by atoms with van der Waals surface area (Å²) in [4.78, 5) is 11.6. The standard InChI is InChI=1S/C11H10Cl2F3NO2/c1-19-10(18)9(17-5-11(14,15)16)8-6(12)3-2-4-7(8)13/h2-4,9,17H,5H2,1H3. The highest BCUT2D eigenvalue weighted by Crippen LogP contribution is 2.31. The number of benzene rings is 1. The predicted octanol–water partition coefficient (Wildman–Crippen LogP) is 3.36. The van der Waals surface area contributed by atoms with Gasteiger partial charge < -0.3 is 4.74 Å². The highest BCUT2D eigenvalue weighted by molar-refractivity contribution is 6.36. The Morgan fingerprint density at radius 1 is 1.37 bits per heavy atom. The summed E-state index contributed by atoms with van der Waals surface area (Å²) >= 11 is 11.7. The van der Waals surface area contributed by atoms with E-state index in [1.165, 1.54) is 18.2 Å². The molecule has 0 saturated heterocycles. The van der Waals surface area contributed by atoms with E-state index in [9.17, 15) is 18.0 Å². The van der Waals surface area contributed by atoms with Crippen LogP contribution in [0.3, 0.4) is 0 Å². The molecule has 0 amide bonds. The van der Waals surface area contributed by atoms with Crippen LogP contribution < -0.4 is 5.32 Å². The van der Waals surface area contributed by atoms with Gasteiger partial charge in [0.1, 0.15) is 6.04 Å². The molecule has 1 atom stereocenters. The molecule has 0 aliphatic rings. The third-order valence-corrected chi connectivity index (χ3v) is 2.89. The second kappa shape index (κ2) is 6.45. The monoisotopic (exact) mass is 315 g/mol. The maximum atomic E-state index is 12.2. The van der Waals surface area contributed by atoms with E-state index in [0.29, 0.717) is 0 Å². The summed E-state index contributed by atoms with van der Waals surface area (Å²) in [7, 11) is 1.06. The number of nitrogens with one attached hydrogen (secondary N) is 1. The molecule has 1 N–H and O–H groups in total. The van der Waals surface area contributed by atoms with E-state index in [0.717, 1.165) is 7.11 Å². The highest BCUT2D eigenvalue weighted by atomic mass is 35.5. The van der Waals surface area contributed by atoms with E-state index in [-0.39, 0.29) is 15.6 Å². The van der Waals surface area contributed by atoms with Crippen molar-refractivity contribution >= 4 is 29.2 Å². The Labute approximate surface area is 117 Å². The summed E-state index contributed by atoms with van der Waals surface area (Å²) in [6.07, 6.45) is -4.47. The lowest BCUT2D eigenvalue weighted by Crippen LogP contribution is -2.36. The van der Waals surface area contributed by atoms with Crippen molar-refractivity contribution in [1.29, 1.82) is 0 Å². The van der Waals surface area contributed by atoms with E-state index in [1.54, 1.807) is 0 Å². The molecule has 106 valence electrons. The van der Waals surface area contributed by atoms with Crippen molar-refractivity contribution in [3.63, 3.8) is 0 Å². The highest BCUT2D eigenvalue weighted by Gasteiger charge is 2.32. The number of methoxy groups -OCH3 is 1. The molecule has 8 heteroatoms. The number of carbonyl (C=O) groups is 1. The van der Waals surface area contributed by atoms with Crippen molar-refractivity contribution in [2.45, 2.75) is 12.2 Å². The molecule has 0 aromatic heterocycles. The third kappa shape index (κ3) is 4.56. The topological polar surface area (TPSA) is 38.3 Å². The van der Waals surface area contributed by atoms with Gasteiger partial charge in [-0.15, -0.1) is 0 Å².